The minimum Gasteiger partial charge on any atom is -0.353 e. The van der Waals surface area contributed by atoms with E-state index in [4.69, 9.17) is 5.73 Å². The predicted molar refractivity (Wildman–Crippen MR) is 85.3 cm³/mol. The standard InChI is InChI=1S/C13H27N3O.2ClH/c1-10(2)16(11(3)4)9-8-15-12(17)13(14)6-5-7-13;;/h10-11H,5-9,14H2,1-4H3,(H,15,17);2*1H. The molecule has 0 aliphatic heterocycles. The monoisotopic (exact) mass is 313 g/mol. The fourth-order valence-electron chi connectivity index (χ4n) is 2.37. The molecule has 0 aromatic rings. The molecule has 19 heavy (non-hydrogen) atoms. The summed E-state index contributed by atoms with van der Waals surface area (Å²) in [5.74, 6) is 0.0243. The molecule has 1 amide bonds. The van der Waals surface area contributed by atoms with E-state index in [0.717, 1.165) is 25.8 Å². The van der Waals surface area contributed by atoms with Crippen LogP contribution < -0.4 is 11.1 Å². The summed E-state index contributed by atoms with van der Waals surface area (Å²) in [5, 5.41) is 2.96. The average Bonchev–Trinajstić information content (AvgIpc) is 2.19. The van der Waals surface area contributed by atoms with Crippen molar-refractivity contribution in [1.82, 2.24) is 10.2 Å². The molecule has 1 saturated carbocycles. The first-order valence-electron chi connectivity index (χ1n) is 6.70. The molecular weight excluding hydrogens is 285 g/mol. The largest absolute Gasteiger partial charge is 0.353 e. The van der Waals surface area contributed by atoms with E-state index in [-0.39, 0.29) is 30.7 Å². The van der Waals surface area contributed by atoms with Gasteiger partial charge >= 0.3 is 0 Å². The van der Waals surface area contributed by atoms with Crippen LogP contribution in [0.2, 0.25) is 0 Å². The summed E-state index contributed by atoms with van der Waals surface area (Å²) < 4.78 is 0. The molecule has 0 heterocycles. The van der Waals surface area contributed by atoms with Crippen LogP contribution in [-0.4, -0.2) is 41.5 Å². The summed E-state index contributed by atoms with van der Waals surface area (Å²) in [4.78, 5) is 14.2. The van der Waals surface area contributed by atoms with Gasteiger partial charge in [-0.3, -0.25) is 9.69 Å². The van der Waals surface area contributed by atoms with E-state index in [9.17, 15) is 4.79 Å². The molecular formula is C13H29Cl2N3O. The van der Waals surface area contributed by atoms with E-state index in [1.54, 1.807) is 0 Å². The Bertz CT molecular complexity index is 261. The molecule has 1 aliphatic rings. The van der Waals surface area contributed by atoms with Crippen LogP contribution in [0.3, 0.4) is 0 Å². The fourth-order valence-corrected chi connectivity index (χ4v) is 2.37. The van der Waals surface area contributed by atoms with Crippen molar-refractivity contribution in [2.45, 2.75) is 64.6 Å². The lowest BCUT2D eigenvalue weighted by atomic mass is 9.77. The van der Waals surface area contributed by atoms with E-state index < -0.39 is 5.54 Å². The molecule has 0 aromatic carbocycles. The highest BCUT2D eigenvalue weighted by Gasteiger charge is 2.39. The quantitative estimate of drug-likeness (QED) is 0.788. The third-order valence-electron chi connectivity index (χ3n) is 3.68. The number of amides is 1. The number of carbonyl (C=O) groups is 1. The van der Waals surface area contributed by atoms with Gasteiger partial charge in [-0.15, -0.1) is 24.8 Å². The minimum absolute atomic E-state index is 0. The van der Waals surface area contributed by atoms with Gasteiger partial charge in [-0.25, -0.2) is 0 Å². The van der Waals surface area contributed by atoms with Crippen LogP contribution in [-0.2, 0) is 4.79 Å². The molecule has 0 unspecified atom stereocenters. The Balaban J connectivity index is 0. The van der Waals surface area contributed by atoms with Crippen LogP contribution in [0.5, 0.6) is 0 Å². The molecule has 1 aliphatic carbocycles. The molecule has 6 heteroatoms. The topological polar surface area (TPSA) is 58.4 Å². The van der Waals surface area contributed by atoms with Gasteiger partial charge in [0.05, 0.1) is 5.54 Å². The van der Waals surface area contributed by atoms with E-state index in [1.807, 2.05) is 0 Å². The highest BCUT2D eigenvalue weighted by atomic mass is 35.5. The van der Waals surface area contributed by atoms with Crippen molar-refractivity contribution in [2.24, 2.45) is 5.73 Å². The number of nitrogens with one attached hydrogen (secondary N) is 1. The van der Waals surface area contributed by atoms with Crippen LogP contribution in [0.4, 0.5) is 0 Å². The Morgan fingerprint density at radius 1 is 1.21 bits per heavy atom. The predicted octanol–water partition coefficient (Wildman–Crippen LogP) is 1.95. The van der Waals surface area contributed by atoms with Gasteiger partial charge in [0.2, 0.25) is 5.91 Å². The fraction of sp³-hybridized carbons (Fsp3) is 0.923. The smallest absolute Gasteiger partial charge is 0.240 e. The number of halogens is 2. The number of rotatable bonds is 6. The van der Waals surface area contributed by atoms with E-state index in [1.165, 1.54) is 0 Å². The molecule has 116 valence electrons. The average molecular weight is 314 g/mol. The molecule has 0 atom stereocenters. The summed E-state index contributed by atoms with van der Waals surface area (Å²) in [6, 6.07) is 1.00. The number of carbonyl (C=O) groups excluding carboxylic acids is 1. The van der Waals surface area contributed by atoms with Gasteiger partial charge in [-0.1, -0.05) is 0 Å². The zero-order valence-corrected chi connectivity index (χ0v) is 14.1. The number of nitrogens with two attached hydrogens (primary N) is 1. The summed E-state index contributed by atoms with van der Waals surface area (Å²) in [6.07, 6.45) is 2.74. The zero-order valence-electron chi connectivity index (χ0n) is 12.4. The molecule has 0 spiro atoms. The van der Waals surface area contributed by atoms with Crippen LogP contribution in [0, 0.1) is 0 Å². The highest BCUT2D eigenvalue weighted by Crippen LogP contribution is 2.28. The van der Waals surface area contributed by atoms with E-state index in [0.29, 0.717) is 18.6 Å². The van der Waals surface area contributed by atoms with Crippen LogP contribution in [0.25, 0.3) is 0 Å². The normalized spacial score (nSPS) is 16.6. The Hall–Kier alpha value is -0.0300. The van der Waals surface area contributed by atoms with Crippen molar-refractivity contribution in [3.63, 3.8) is 0 Å². The summed E-state index contributed by atoms with van der Waals surface area (Å²) in [7, 11) is 0. The van der Waals surface area contributed by atoms with Crippen LogP contribution in [0.1, 0.15) is 47.0 Å². The number of hydrogen-bond acceptors (Lipinski definition) is 3. The Morgan fingerprint density at radius 2 is 1.68 bits per heavy atom. The van der Waals surface area contributed by atoms with E-state index in [2.05, 4.69) is 37.9 Å². The first-order chi connectivity index (χ1) is 7.87. The molecule has 0 radical (unpaired) electrons. The molecule has 1 rings (SSSR count). The first kappa shape index (κ1) is 21.3. The SMILES string of the molecule is CC(C)N(CCNC(=O)C1(N)CCC1)C(C)C.Cl.Cl. The van der Waals surface area contributed by atoms with Gasteiger partial charge in [0, 0.05) is 25.2 Å². The lowest BCUT2D eigenvalue weighted by Crippen LogP contribution is -2.59. The van der Waals surface area contributed by atoms with Gasteiger partial charge in [0.1, 0.15) is 0 Å². The van der Waals surface area contributed by atoms with Gasteiger partial charge < -0.3 is 11.1 Å². The van der Waals surface area contributed by atoms with Crippen molar-refractivity contribution in [3.8, 4) is 0 Å². The maximum absolute atomic E-state index is 11.8. The third kappa shape index (κ3) is 5.86. The Morgan fingerprint density at radius 3 is 2.00 bits per heavy atom. The van der Waals surface area contributed by atoms with Crippen molar-refractivity contribution in [1.29, 1.82) is 0 Å². The van der Waals surface area contributed by atoms with Crippen LogP contribution in [0.15, 0.2) is 0 Å². The number of hydrogen-bond donors (Lipinski definition) is 2. The Kier molecular flexibility index (Phi) is 10.1. The first-order valence-corrected chi connectivity index (χ1v) is 6.70. The van der Waals surface area contributed by atoms with Crippen molar-refractivity contribution >= 4 is 30.7 Å². The van der Waals surface area contributed by atoms with E-state index >= 15 is 0 Å². The van der Waals surface area contributed by atoms with Gasteiger partial charge in [-0.2, -0.15) is 0 Å². The summed E-state index contributed by atoms with van der Waals surface area (Å²) >= 11 is 0. The lowest BCUT2D eigenvalue weighted by molar-refractivity contribution is -0.129. The summed E-state index contributed by atoms with van der Waals surface area (Å²) in [5.41, 5.74) is 5.39. The molecule has 1 fully saturated rings. The van der Waals surface area contributed by atoms with Crippen molar-refractivity contribution in [2.75, 3.05) is 13.1 Å². The van der Waals surface area contributed by atoms with Gasteiger partial charge in [-0.05, 0) is 47.0 Å². The maximum atomic E-state index is 11.8. The lowest BCUT2D eigenvalue weighted by Gasteiger charge is -2.37. The molecule has 0 aromatic heterocycles. The maximum Gasteiger partial charge on any atom is 0.240 e. The third-order valence-corrected chi connectivity index (χ3v) is 3.68. The molecule has 4 nitrogen and oxygen atoms in total. The second-order valence-corrected chi connectivity index (χ2v) is 5.69. The van der Waals surface area contributed by atoms with Gasteiger partial charge in [0.15, 0.2) is 0 Å². The number of nitrogens with zero attached hydrogens (tertiary/aromatic N) is 1. The molecule has 0 bridgehead atoms. The second-order valence-electron chi connectivity index (χ2n) is 5.69. The van der Waals surface area contributed by atoms with Crippen LogP contribution >= 0.6 is 24.8 Å². The minimum atomic E-state index is -0.569. The highest BCUT2D eigenvalue weighted by molar-refractivity contribution is 5.87. The zero-order chi connectivity index (χ0) is 13.1. The Labute approximate surface area is 129 Å². The second kappa shape index (κ2) is 9.01. The molecule has 0 saturated heterocycles. The summed E-state index contributed by atoms with van der Waals surface area (Å²) in [6.45, 7) is 10.3. The van der Waals surface area contributed by atoms with Crippen molar-refractivity contribution < 1.29 is 4.79 Å². The van der Waals surface area contributed by atoms with Gasteiger partial charge in [0.25, 0.3) is 0 Å². The molecule has 3 N–H and O–H groups in total. The van der Waals surface area contributed by atoms with Crippen molar-refractivity contribution in [3.05, 3.63) is 0 Å².